The van der Waals surface area contributed by atoms with Crippen molar-refractivity contribution in [3.05, 3.63) is 53.1 Å². The monoisotopic (exact) mass is 338 g/mol. The molecule has 0 spiro atoms. The molecule has 0 saturated heterocycles. The van der Waals surface area contributed by atoms with Crippen LogP contribution in [0.3, 0.4) is 0 Å². The number of hydrogen-bond donors (Lipinski definition) is 2. The van der Waals surface area contributed by atoms with Crippen molar-refractivity contribution in [3.8, 4) is 0 Å². The first-order chi connectivity index (χ1) is 10.3. The SMILES string of the molecule is CC(=O)Nc1ccc(S(=O)(=O)Nc2ccc(C)cc2Cl)cc1. The molecule has 0 unspecified atom stereocenters. The Bertz CT molecular complexity index is 802. The van der Waals surface area contributed by atoms with Gasteiger partial charge in [0.25, 0.3) is 10.0 Å². The first kappa shape index (κ1) is 16.3. The predicted molar refractivity (Wildman–Crippen MR) is 87.7 cm³/mol. The molecule has 0 aliphatic carbocycles. The maximum absolute atomic E-state index is 12.3. The molecule has 5 nitrogen and oxygen atoms in total. The second kappa shape index (κ2) is 6.37. The van der Waals surface area contributed by atoms with E-state index in [1.54, 1.807) is 18.2 Å². The summed E-state index contributed by atoms with van der Waals surface area (Å²) in [6.07, 6.45) is 0. The van der Waals surface area contributed by atoms with Gasteiger partial charge < -0.3 is 5.32 Å². The molecule has 0 aliphatic rings. The van der Waals surface area contributed by atoms with Crippen LogP contribution in [-0.4, -0.2) is 14.3 Å². The number of aryl methyl sites for hydroxylation is 1. The lowest BCUT2D eigenvalue weighted by Crippen LogP contribution is -2.13. The van der Waals surface area contributed by atoms with Crippen molar-refractivity contribution in [1.82, 2.24) is 0 Å². The first-order valence-electron chi connectivity index (χ1n) is 6.44. The van der Waals surface area contributed by atoms with E-state index in [4.69, 9.17) is 11.6 Å². The lowest BCUT2D eigenvalue weighted by molar-refractivity contribution is -0.114. The van der Waals surface area contributed by atoms with Crippen LogP contribution in [0, 0.1) is 6.92 Å². The molecule has 0 atom stereocenters. The summed E-state index contributed by atoms with van der Waals surface area (Å²) in [4.78, 5) is 11.0. The molecule has 0 bridgehead atoms. The zero-order valence-electron chi connectivity index (χ0n) is 12.1. The fourth-order valence-electron chi connectivity index (χ4n) is 1.83. The van der Waals surface area contributed by atoms with Gasteiger partial charge >= 0.3 is 0 Å². The van der Waals surface area contributed by atoms with Crippen LogP contribution in [0.1, 0.15) is 12.5 Å². The minimum Gasteiger partial charge on any atom is -0.326 e. The Morgan fingerprint density at radius 2 is 1.73 bits per heavy atom. The van der Waals surface area contributed by atoms with E-state index in [1.165, 1.54) is 31.2 Å². The summed E-state index contributed by atoms with van der Waals surface area (Å²) in [7, 11) is -3.74. The number of rotatable bonds is 4. The Labute approximate surface area is 134 Å². The van der Waals surface area contributed by atoms with Crippen molar-refractivity contribution in [2.24, 2.45) is 0 Å². The van der Waals surface area contributed by atoms with Gasteiger partial charge in [-0.25, -0.2) is 8.42 Å². The lowest BCUT2D eigenvalue weighted by atomic mass is 10.2. The van der Waals surface area contributed by atoms with Crippen LogP contribution in [0.5, 0.6) is 0 Å². The van der Waals surface area contributed by atoms with Crippen molar-refractivity contribution in [2.75, 3.05) is 10.0 Å². The number of anilines is 2. The number of benzene rings is 2. The van der Waals surface area contributed by atoms with Gasteiger partial charge in [0.2, 0.25) is 5.91 Å². The molecule has 1 amide bonds. The van der Waals surface area contributed by atoms with E-state index in [0.717, 1.165) is 5.56 Å². The quantitative estimate of drug-likeness (QED) is 0.897. The number of halogens is 1. The summed E-state index contributed by atoms with van der Waals surface area (Å²) < 4.78 is 27.1. The smallest absolute Gasteiger partial charge is 0.261 e. The average molecular weight is 339 g/mol. The third-order valence-electron chi connectivity index (χ3n) is 2.85. The zero-order chi connectivity index (χ0) is 16.3. The number of nitrogens with one attached hydrogen (secondary N) is 2. The van der Waals surface area contributed by atoms with E-state index >= 15 is 0 Å². The highest BCUT2D eigenvalue weighted by Gasteiger charge is 2.15. The molecule has 0 aromatic heterocycles. The molecule has 0 aliphatic heterocycles. The fourth-order valence-corrected chi connectivity index (χ4v) is 3.25. The normalized spacial score (nSPS) is 11.0. The Balaban J connectivity index is 2.24. The molecule has 0 fully saturated rings. The van der Waals surface area contributed by atoms with E-state index < -0.39 is 10.0 Å². The van der Waals surface area contributed by atoms with Crippen LogP contribution in [0.2, 0.25) is 5.02 Å². The highest BCUT2D eigenvalue weighted by atomic mass is 35.5. The van der Waals surface area contributed by atoms with Crippen molar-refractivity contribution in [1.29, 1.82) is 0 Å². The summed E-state index contributed by atoms with van der Waals surface area (Å²) in [5.41, 5.74) is 1.78. The Morgan fingerprint density at radius 1 is 1.09 bits per heavy atom. The molecule has 0 radical (unpaired) electrons. The van der Waals surface area contributed by atoms with Crippen molar-refractivity contribution in [3.63, 3.8) is 0 Å². The van der Waals surface area contributed by atoms with Gasteiger partial charge in [0.05, 0.1) is 15.6 Å². The highest BCUT2D eigenvalue weighted by molar-refractivity contribution is 7.92. The van der Waals surface area contributed by atoms with Crippen molar-refractivity contribution < 1.29 is 13.2 Å². The second-order valence-electron chi connectivity index (χ2n) is 4.79. The molecular formula is C15H15ClN2O3S. The summed E-state index contributed by atoms with van der Waals surface area (Å²) in [6, 6.07) is 10.9. The number of hydrogen-bond acceptors (Lipinski definition) is 3. The average Bonchev–Trinajstić information content (AvgIpc) is 2.42. The van der Waals surface area contributed by atoms with Gasteiger partial charge in [0.1, 0.15) is 0 Å². The Morgan fingerprint density at radius 3 is 2.27 bits per heavy atom. The fraction of sp³-hybridized carbons (Fsp3) is 0.133. The maximum atomic E-state index is 12.3. The summed E-state index contributed by atoms with van der Waals surface area (Å²) in [5.74, 6) is -0.222. The van der Waals surface area contributed by atoms with E-state index in [9.17, 15) is 13.2 Å². The Hall–Kier alpha value is -2.05. The third kappa shape index (κ3) is 3.99. The molecule has 0 saturated carbocycles. The third-order valence-corrected chi connectivity index (χ3v) is 4.55. The molecule has 22 heavy (non-hydrogen) atoms. The van der Waals surface area contributed by atoms with Crippen LogP contribution in [0.25, 0.3) is 0 Å². The zero-order valence-corrected chi connectivity index (χ0v) is 13.6. The van der Waals surface area contributed by atoms with Gasteiger partial charge in [-0.15, -0.1) is 0 Å². The van der Waals surface area contributed by atoms with Crippen LogP contribution in [-0.2, 0) is 14.8 Å². The molecule has 116 valence electrons. The van der Waals surface area contributed by atoms with Gasteiger partial charge in [0, 0.05) is 12.6 Å². The van der Waals surface area contributed by atoms with E-state index in [0.29, 0.717) is 16.4 Å². The summed E-state index contributed by atoms with van der Waals surface area (Å²) in [6.45, 7) is 3.25. The standard InChI is InChI=1S/C15H15ClN2O3S/c1-10-3-8-15(14(16)9-10)18-22(20,21)13-6-4-12(5-7-13)17-11(2)19/h3-9,18H,1-2H3,(H,17,19). The van der Waals surface area contributed by atoms with Gasteiger partial charge in [-0.2, -0.15) is 0 Å². The summed E-state index contributed by atoms with van der Waals surface area (Å²) in [5, 5.41) is 2.91. The van der Waals surface area contributed by atoms with E-state index in [2.05, 4.69) is 10.0 Å². The maximum Gasteiger partial charge on any atom is 0.261 e. The minimum absolute atomic E-state index is 0.0817. The van der Waals surface area contributed by atoms with Gasteiger partial charge in [-0.05, 0) is 48.9 Å². The van der Waals surface area contributed by atoms with Crippen molar-refractivity contribution >= 4 is 38.9 Å². The van der Waals surface area contributed by atoms with Crippen LogP contribution in [0.4, 0.5) is 11.4 Å². The van der Waals surface area contributed by atoms with Crippen molar-refractivity contribution in [2.45, 2.75) is 18.7 Å². The van der Waals surface area contributed by atoms with Crippen LogP contribution < -0.4 is 10.0 Å². The first-order valence-corrected chi connectivity index (χ1v) is 8.31. The molecule has 2 aromatic rings. The van der Waals surface area contributed by atoms with Gasteiger partial charge in [-0.1, -0.05) is 17.7 Å². The van der Waals surface area contributed by atoms with Crippen LogP contribution in [0.15, 0.2) is 47.4 Å². The number of sulfonamides is 1. The largest absolute Gasteiger partial charge is 0.326 e. The highest BCUT2D eigenvalue weighted by Crippen LogP contribution is 2.26. The molecule has 7 heteroatoms. The molecule has 2 N–H and O–H groups in total. The number of carbonyl (C=O) groups excluding carboxylic acids is 1. The topological polar surface area (TPSA) is 75.3 Å². The number of amides is 1. The molecular weight excluding hydrogens is 324 g/mol. The lowest BCUT2D eigenvalue weighted by Gasteiger charge is -2.11. The van der Waals surface area contributed by atoms with Gasteiger partial charge in [-0.3, -0.25) is 9.52 Å². The molecule has 0 heterocycles. The van der Waals surface area contributed by atoms with Crippen LogP contribution >= 0.6 is 11.6 Å². The van der Waals surface area contributed by atoms with E-state index in [-0.39, 0.29) is 10.8 Å². The predicted octanol–water partition coefficient (Wildman–Crippen LogP) is 3.41. The second-order valence-corrected chi connectivity index (χ2v) is 6.88. The van der Waals surface area contributed by atoms with Gasteiger partial charge in [0.15, 0.2) is 0 Å². The molecule has 2 aromatic carbocycles. The summed E-state index contributed by atoms with van der Waals surface area (Å²) >= 11 is 6.03. The number of carbonyl (C=O) groups is 1. The van der Waals surface area contributed by atoms with E-state index in [1.807, 2.05) is 6.92 Å². The minimum atomic E-state index is -3.74. The molecule has 2 rings (SSSR count). The Kier molecular flexibility index (Phi) is 4.73.